The van der Waals surface area contributed by atoms with Crippen LogP contribution in [0.25, 0.3) is 0 Å². The highest BCUT2D eigenvalue weighted by Crippen LogP contribution is 2.17. The molecule has 0 N–H and O–H groups in total. The highest BCUT2D eigenvalue weighted by Gasteiger charge is 2.07. The Hall–Kier alpha value is -2.56. The van der Waals surface area contributed by atoms with E-state index in [0.29, 0.717) is 17.8 Å². The molecule has 0 aliphatic carbocycles. The number of hydrogen-bond acceptors (Lipinski definition) is 4. The first-order chi connectivity index (χ1) is 11.1. The lowest BCUT2D eigenvalue weighted by molar-refractivity contribution is 0.0831. The summed E-state index contributed by atoms with van der Waals surface area (Å²) in [5.41, 5.74) is 0.628. The second kappa shape index (κ2) is 8.17. The molecule has 0 amide bonds. The van der Waals surface area contributed by atoms with Gasteiger partial charge in [-0.3, -0.25) is 14.4 Å². The minimum atomic E-state index is -0.168. The minimum absolute atomic E-state index is 0.0523. The lowest BCUT2D eigenvalue weighted by atomic mass is 10.3. The topological polar surface area (TPSA) is 52.8 Å². The van der Waals surface area contributed by atoms with Crippen LogP contribution in [0, 0.1) is 0 Å². The van der Waals surface area contributed by atoms with Gasteiger partial charge in [0.2, 0.25) is 0 Å². The van der Waals surface area contributed by atoms with Crippen molar-refractivity contribution in [1.82, 2.24) is 4.57 Å². The van der Waals surface area contributed by atoms with Crippen molar-refractivity contribution in [3.05, 3.63) is 54.1 Å². The summed E-state index contributed by atoms with van der Waals surface area (Å²) in [6.07, 6.45) is 1.70. The summed E-state index contributed by atoms with van der Waals surface area (Å²) >= 11 is 0. The largest absolute Gasteiger partial charge is 0.494 e. The summed E-state index contributed by atoms with van der Waals surface area (Å²) in [4.78, 5) is 16.8. The molecule has 0 atom stereocenters. The maximum absolute atomic E-state index is 12.3. The molecule has 0 spiro atoms. The minimum Gasteiger partial charge on any atom is -0.494 e. The molecule has 0 bridgehead atoms. The average molecular weight is 314 g/mol. The molecule has 0 aliphatic rings. The van der Waals surface area contributed by atoms with Crippen molar-refractivity contribution in [1.29, 1.82) is 0 Å². The number of hydrogen-bond donors (Lipinski definition) is 0. The van der Waals surface area contributed by atoms with E-state index < -0.39 is 0 Å². The molecule has 1 heterocycles. The van der Waals surface area contributed by atoms with Gasteiger partial charge in [-0.25, -0.2) is 0 Å². The molecule has 0 fully saturated rings. The second-order valence-electron chi connectivity index (χ2n) is 5.24. The summed E-state index contributed by atoms with van der Waals surface area (Å²) in [6.45, 7) is 6.44. The molecule has 0 aliphatic heterocycles. The summed E-state index contributed by atoms with van der Waals surface area (Å²) < 4.78 is 12.4. The summed E-state index contributed by atoms with van der Waals surface area (Å²) in [6, 6.07) is 12.8. The van der Waals surface area contributed by atoms with E-state index in [4.69, 9.17) is 9.47 Å². The van der Waals surface area contributed by atoms with Gasteiger partial charge in [0.1, 0.15) is 17.0 Å². The van der Waals surface area contributed by atoms with Gasteiger partial charge in [-0.15, -0.1) is 0 Å². The third kappa shape index (κ3) is 4.98. The van der Waals surface area contributed by atoms with Crippen molar-refractivity contribution < 1.29 is 14.3 Å². The molecule has 2 rings (SSSR count). The van der Waals surface area contributed by atoms with Crippen molar-refractivity contribution in [2.45, 2.75) is 26.8 Å². The van der Waals surface area contributed by atoms with E-state index in [-0.39, 0.29) is 18.6 Å². The van der Waals surface area contributed by atoms with Crippen LogP contribution in [0.4, 0.5) is 0 Å². The molecule has 23 heavy (non-hydrogen) atoms. The number of carbonyl (C=O) groups is 1. The van der Waals surface area contributed by atoms with Gasteiger partial charge in [0.15, 0.2) is 6.61 Å². The molecule has 5 heteroatoms. The first-order valence-electron chi connectivity index (χ1n) is 7.70. The van der Waals surface area contributed by atoms with Crippen LogP contribution in [0.1, 0.15) is 25.6 Å². The summed E-state index contributed by atoms with van der Waals surface area (Å²) in [5.74, 6) is 1.24. The Kier molecular flexibility index (Phi) is 5.97. The third-order valence-electron chi connectivity index (χ3n) is 2.99. The van der Waals surface area contributed by atoms with E-state index >= 15 is 0 Å². The maximum atomic E-state index is 12.3. The monoisotopic (exact) mass is 314 g/mol. The zero-order chi connectivity index (χ0) is 16.7. The Morgan fingerprint density at radius 2 is 1.74 bits per heavy atom. The molecule has 0 saturated carbocycles. The number of rotatable bonds is 6. The van der Waals surface area contributed by atoms with Gasteiger partial charge >= 0.3 is 0 Å². The molecular formula is C18H22N2O3. The van der Waals surface area contributed by atoms with Crippen LogP contribution in [0.5, 0.6) is 11.5 Å². The zero-order valence-electron chi connectivity index (χ0n) is 13.7. The molecule has 122 valence electrons. The van der Waals surface area contributed by atoms with E-state index in [9.17, 15) is 4.79 Å². The standard InChI is InChI=1S/C18H22N2O3/c1-4-22-15-8-10-16(11-9-15)23-13-18(21)20-12-6-5-7-17(20)19-14(2)3/h5-12,14H,4,13H2,1-3H3. The highest BCUT2D eigenvalue weighted by molar-refractivity contribution is 5.80. The normalized spacial score (nSPS) is 11.6. The van der Waals surface area contributed by atoms with Crippen molar-refractivity contribution in [2.24, 2.45) is 4.99 Å². The third-order valence-corrected chi connectivity index (χ3v) is 2.99. The van der Waals surface area contributed by atoms with Gasteiger partial charge in [-0.05, 0) is 57.2 Å². The van der Waals surface area contributed by atoms with E-state index in [1.165, 1.54) is 4.57 Å². The van der Waals surface area contributed by atoms with Gasteiger partial charge in [-0.1, -0.05) is 6.07 Å². The smallest absolute Gasteiger partial charge is 0.270 e. The van der Waals surface area contributed by atoms with Gasteiger partial charge in [0.25, 0.3) is 5.91 Å². The molecule has 0 unspecified atom stereocenters. The van der Waals surface area contributed by atoms with Crippen LogP contribution < -0.4 is 15.0 Å². The van der Waals surface area contributed by atoms with E-state index in [1.807, 2.05) is 45.0 Å². The molecule has 0 radical (unpaired) electrons. The van der Waals surface area contributed by atoms with Crippen LogP contribution in [-0.4, -0.2) is 29.7 Å². The van der Waals surface area contributed by atoms with Gasteiger partial charge < -0.3 is 9.47 Å². The Balaban J connectivity index is 2.05. The lowest BCUT2D eigenvalue weighted by Gasteiger charge is -2.09. The SMILES string of the molecule is CCOc1ccc(OCC(=O)n2ccccc2=NC(C)C)cc1. The number of benzene rings is 1. The Morgan fingerprint density at radius 1 is 1.09 bits per heavy atom. The van der Waals surface area contributed by atoms with Crippen LogP contribution in [0.3, 0.4) is 0 Å². The predicted molar refractivity (Wildman–Crippen MR) is 88.9 cm³/mol. The number of nitrogens with zero attached hydrogens (tertiary/aromatic N) is 2. The molecule has 1 aromatic carbocycles. The first-order valence-corrected chi connectivity index (χ1v) is 7.70. The summed E-state index contributed by atoms with van der Waals surface area (Å²) in [7, 11) is 0. The lowest BCUT2D eigenvalue weighted by Crippen LogP contribution is -2.31. The van der Waals surface area contributed by atoms with Crippen molar-refractivity contribution >= 4 is 5.91 Å². The predicted octanol–water partition coefficient (Wildman–Crippen LogP) is 2.92. The summed E-state index contributed by atoms with van der Waals surface area (Å²) in [5, 5.41) is 0. The quantitative estimate of drug-likeness (QED) is 0.824. The molecular weight excluding hydrogens is 292 g/mol. The maximum Gasteiger partial charge on any atom is 0.270 e. The van der Waals surface area contributed by atoms with Gasteiger partial charge in [-0.2, -0.15) is 0 Å². The Labute approximate surface area is 136 Å². The number of aromatic nitrogens is 1. The zero-order valence-corrected chi connectivity index (χ0v) is 13.7. The first kappa shape index (κ1) is 16.8. The van der Waals surface area contributed by atoms with Crippen LogP contribution in [0.2, 0.25) is 0 Å². The molecule has 2 aromatic rings. The van der Waals surface area contributed by atoms with E-state index in [1.54, 1.807) is 24.4 Å². The molecule has 5 nitrogen and oxygen atoms in total. The van der Waals surface area contributed by atoms with Crippen molar-refractivity contribution in [3.63, 3.8) is 0 Å². The average Bonchev–Trinajstić information content (AvgIpc) is 2.54. The second-order valence-corrected chi connectivity index (χ2v) is 5.24. The Bertz CT molecular complexity index is 703. The van der Waals surface area contributed by atoms with Crippen LogP contribution in [0.15, 0.2) is 53.7 Å². The fourth-order valence-corrected chi connectivity index (χ4v) is 2.03. The number of ether oxygens (including phenoxy) is 2. The van der Waals surface area contributed by atoms with Crippen molar-refractivity contribution in [2.75, 3.05) is 13.2 Å². The van der Waals surface area contributed by atoms with E-state index in [2.05, 4.69) is 4.99 Å². The van der Waals surface area contributed by atoms with Crippen LogP contribution >= 0.6 is 0 Å². The number of carbonyl (C=O) groups excluding carboxylic acids is 1. The number of pyridine rings is 1. The van der Waals surface area contributed by atoms with Crippen molar-refractivity contribution in [3.8, 4) is 11.5 Å². The fraction of sp³-hybridized carbons (Fsp3) is 0.333. The highest BCUT2D eigenvalue weighted by atomic mass is 16.5. The van der Waals surface area contributed by atoms with E-state index in [0.717, 1.165) is 5.75 Å². The van der Waals surface area contributed by atoms with Crippen LogP contribution in [-0.2, 0) is 0 Å². The van der Waals surface area contributed by atoms with Gasteiger partial charge in [0.05, 0.1) is 6.61 Å². The molecule has 1 aromatic heterocycles. The molecule has 0 saturated heterocycles. The van der Waals surface area contributed by atoms with Gasteiger partial charge in [0, 0.05) is 12.2 Å². The Morgan fingerprint density at radius 3 is 2.35 bits per heavy atom. The fourth-order valence-electron chi connectivity index (χ4n) is 2.03.